The summed E-state index contributed by atoms with van der Waals surface area (Å²) in [6.07, 6.45) is 2.56. The summed E-state index contributed by atoms with van der Waals surface area (Å²) in [7, 11) is 3.84. The first kappa shape index (κ1) is 11.7. The molecule has 0 radical (unpaired) electrons. The first-order valence-electron chi connectivity index (χ1n) is 6.56. The van der Waals surface area contributed by atoms with E-state index in [0.717, 1.165) is 18.6 Å². The van der Waals surface area contributed by atoms with Gasteiger partial charge in [-0.3, -0.25) is 9.69 Å². The number of carbonyl (C=O) groups is 1. The van der Waals surface area contributed by atoms with E-state index >= 15 is 0 Å². The summed E-state index contributed by atoms with van der Waals surface area (Å²) in [6.45, 7) is 0. The number of ketones is 1. The molecule has 0 N–H and O–H groups in total. The first-order valence-corrected chi connectivity index (χ1v) is 6.56. The third-order valence-corrected chi connectivity index (χ3v) is 4.53. The maximum atomic E-state index is 11.7. The number of carbonyl (C=O) groups excluding carboxylic acids is 1. The van der Waals surface area contributed by atoms with Gasteiger partial charge < -0.3 is 4.74 Å². The van der Waals surface area contributed by atoms with E-state index in [9.17, 15) is 4.79 Å². The fourth-order valence-electron chi connectivity index (χ4n) is 3.47. The van der Waals surface area contributed by atoms with Crippen LogP contribution >= 0.6 is 0 Å². The van der Waals surface area contributed by atoms with Crippen molar-refractivity contribution in [2.24, 2.45) is 0 Å². The van der Waals surface area contributed by atoms with Gasteiger partial charge in [0.05, 0.1) is 7.11 Å². The summed E-state index contributed by atoms with van der Waals surface area (Å²) in [4.78, 5) is 14.1. The fourth-order valence-corrected chi connectivity index (χ4v) is 3.47. The molecule has 0 saturated carbocycles. The van der Waals surface area contributed by atoms with Crippen LogP contribution in [0, 0.1) is 0 Å². The lowest BCUT2D eigenvalue weighted by molar-refractivity contribution is -0.123. The van der Waals surface area contributed by atoms with Crippen molar-refractivity contribution >= 4 is 5.78 Å². The third-order valence-electron chi connectivity index (χ3n) is 4.53. The molecule has 2 saturated heterocycles. The lowest BCUT2D eigenvalue weighted by Crippen LogP contribution is -2.41. The van der Waals surface area contributed by atoms with Crippen molar-refractivity contribution in [2.45, 2.75) is 37.3 Å². The molecule has 1 aromatic carbocycles. The number of fused-ring (bicyclic) bond motifs is 2. The van der Waals surface area contributed by atoms with Crippen LogP contribution in [0.25, 0.3) is 0 Å². The minimum atomic E-state index is 0.393. The molecule has 0 unspecified atom stereocenters. The summed E-state index contributed by atoms with van der Waals surface area (Å²) in [5.41, 5.74) is 1.34. The molecule has 2 fully saturated rings. The first-order chi connectivity index (χ1) is 8.69. The maximum Gasteiger partial charge on any atom is 0.136 e. The van der Waals surface area contributed by atoms with Crippen LogP contribution in [-0.4, -0.2) is 36.9 Å². The van der Waals surface area contributed by atoms with Gasteiger partial charge in [0.2, 0.25) is 0 Å². The minimum absolute atomic E-state index is 0.393. The molecule has 2 aliphatic rings. The van der Waals surface area contributed by atoms with Crippen molar-refractivity contribution < 1.29 is 9.53 Å². The van der Waals surface area contributed by atoms with Crippen LogP contribution in [0.1, 0.15) is 30.7 Å². The number of hydrogen-bond donors (Lipinski definition) is 0. The second kappa shape index (κ2) is 4.39. The molecular weight excluding hydrogens is 226 g/mol. The zero-order valence-corrected chi connectivity index (χ0v) is 10.9. The molecule has 0 aliphatic carbocycles. The molecule has 96 valence electrons. The van der Waals surface area contributed by atoms with Crippen LogP contribution in [0.2, 0.25) is 0 Å². The monoisotopic (exact) mass is 245 g/mol. The SMILES string of the molecule is COc1ccc([C@H]2C[C@H]3CC(=O)C[C@H]2N3C)cc1. The molecule has 2 heterocycles. The zero-order chi connectivity index (χ0) is 12.7. The molecular formula is C15H19NO2. The topological polar surface area (TPSA) is 29.5 Å². The number of nitrogens with zero attached hydrogens (tertiary/aromatic N) is 1. The van der Waals surface area contributed by atoms with Crippen LogP contribution < -0.4 is 4.74 Å². The summed E-state index contributed by atoms with van der Waals surface area (Å²) in [6, 6.07) is 9.15. The van der Waals surface area contributed by atoms with Gasteiger partial charge in [0.25, 0.3) is 0 Å². The van der Waals surface area contributed by atoms with Gasteiger partial charge in [0, 0.05) is 30.8 Å². The summed E-state index contributed by atoms with van der Waals surface area (Å²) < 4.78 is 5.19. The van der Waals surface area contributed by atoms with Gasteiger partial charge in [-0.05, 0) is 31.2 Å². The van der Waals surface area contributed by atoms with Gasteiger partial charge in [-0.25, -0.2) is 0 Å². The minimum Gasteiger partial charge on any atom is -0.497 e. The second-order valence-electron chi connectivity index (χ2n) is 5.45. The molecule has 2 bridgehead atoms. The molecule has 2 aliphatic heterocycles. The Morgan fingerprint density at radius 2 is 1.94 bits per heavy atom. The predicted octanol–water partition coefficient (Wildman–Crippen LogP) is 2.21. The van der Waals surface area contributed by atoms with Gasteiger partial charge in [0.15, 0.2) is 0 Å². The van der Waals surface area contributed by atoms with Gasteiger partial charge in [-0.15, -0.1) is 0 Å². The molecule has 3 rings (SSSR count). The third kappa shape index (κ3) is 1.83. The number of benzene rings is 1. The second-order valence-corrected chi connectivity index (χ2v) is 5.45. The number of hydrogen-bond acceptors (Lipinski definition) is 3. The van der Waals surface area contributed by atoms with Crippen LogP contribution in [-0.2, 0) is 4.79 Å². The highest BCUT2D eigenvalue weighted by atomic mass is 16.5. The highest BCUT2D eigenvalue weighted by molar-refractivity contribution is 5.81. The van der Waals surface area contributed by atoms with E-state index in [1.807, 2.05) is 12.1 Å². The molecule has 18 heavy (non-hydrogen) atoms. The number of methoxy groups -OCH3 is 1. The van der Waals surface area contributed by atoms with E-state index in [1.165, 1.54) is 5.56 Å². The summed E-state index contributed by atoms with van der Waals surface area (Å²) in [5.74, 6) is 1.82. The van der Waals surface area contributed by atoms with Crippen molar-refractivity contribution in [1.82, 2.24) is 4.90 Å². The zero-order valence-electron chi connectivity index (χ0n) is 10.9. The van der Waals surface area contributed by atoms with Crippen molar-refractivity contribution in [3.05, 3.63) is 29.8 Å². The molecule has 3 atom stereocenters. The molecule has 0 amide bonds. The molecule has 3 nitrogen and oxygen atoms in total. The van der Waals surface area contributed by atoms with E-state index < -0.39 is 0 Å². The summed E-state index contributed by atoms with van der Waals surface area (Å²) in [5, 5.41) is 0. The van der Waals surface area contributed by atoms with Crippen molar-refractivity contribution in [3.8, 4) is 5.75 Å². The Labute approximate surface area is 108 Å². The van der Waals surface area contributed by atoms with E-state index in [0.29, 0.717) is 30.2 Å². The van der Waals surface area contributed by atoms with E-state index in [-0.39, 0.29) is 0 Å². The highest BCUT2D eigenvalue weighted by Crippen LogP contribution is 2.43. The number of ether oxygens (including phenoxy) is 1. The Kier molecular flexibility index (Phi) is 2.86. The average Bonchev–Trinajstić information content (AvgIpc) is 2.59. The predicted molar refractivity (Wildman–Crippen MR) is 69.9 cm³/mol. The van der Waals surface area contributed by atoms with Crippen LogP contribution in [0.5, 0.6) is 5.75 Å². The lowest BCUT2D eigenvalue weighted by atomic mass is 9.90. The lowest BCUT2D eigenvalue weighted by Gasteiger charge is -2.31. The Hall–Kier alpha value is -1.35. The van der Waals surface area contributed by atoms with Crippen molar-refractivity contribution in [1.29, 1.82) is 0 Å². The van der Waals surface area contributed by atoms with Gasteiger partial charge in [0.1, 0.15) is 11.5 Å². The molecule has 3 heteroatoms. The van der Waals surface area contributed by atoms with Crippen LogP contribution in [0.3, 0.4) is 0 Å². The van der Waals surface area contributed by atoms with Crippen molar-refractivity contribution in [2.75, 3.05) is 14.2 Å². The van der Waals surface area contributed by atoms with Gasteiger partial charge >= 0.3 is 0 Å². The largest absolute Gasteiger partial charge is 0.497 e. The molecule has 0 aromatic heterocycles. The van der Waals surface area contributed by atoms with Gasteiger partial charge in [-0.1, -0.05) is 12.1 Å². The van der Waals surface area contributed by atoms with Crippen molar-refractivity contribution in [3.63, 3.8) is 0 Å². The van der Waals surface area contributed by atoms with Gasteiger partial charge in [-0.2, -0.15) is 0 Å². The molecule has 0 spiro atoms. The molecule has 1 aromatic rings. The van der Waals surface area contributed by atoms with E-state index in [4.69, 9.17) is 4.74 Å². The fraction of sp³-hybridized carbons (Fsp3) is 0.533. The Balaban J connectivity index is 1.86. The van der Waals surface area contributed by atoms with Crippen LogP contribution in [0.15, 0.2) is 24.3 Å². The summed E-state index contributed by atoms with van der Waals surface area (Å²) >= 11 is 0. The average molecular weight is 245 g/mol. The van der Waals surface area contributed by atoms with E-state index in [2.05, 4.69) is 24.1 Å². The normalized spacial score (nSPS) is 31.7. The Morgan fingerprint density at radius 1 is 1.22 bits per heavy atom. The highest BCUT2D eigenvalue weighted by Gasteiger charge is 2.44. The smallest absolute Gasteiger partial charge is 0.136 e. The Morgan fingerprint density at radius 3 is 2.61 bits per heavy atom. The number of rotatable bonds is 2. The van der Waals surface area contributed by atoms with Crippen LogP contribution in [0.4, 0.5) is 0 Å². The quantitative estimate of drug-likeness (QED) is 0.800. The number of piperidine rings is 1. The Bertz CT molecular complexity index is 454. The number of likely N-dealkylation sites (N-methyl/N-ethyl adjacent to an activating group) is 1. The number of Topliss-reactive ketones (excluding diaryl/α,β-unsaturated/α-hetero) is 1. The van der Waals surface area contributed by atoms with E-state index in [1.54, 1.807) is 7.11 Å². The maximum absolute atomic E-state index is 11.7. The standard InChI is InChI=1S/C15H19NO2/c1-16-11-7-12(17)9-15(16)14(8-11)10-3-5-13(18-2)6-4-10/h3-6,11,14-15H,7-9H2,1-2H3/t11-,14-,15-/m1/s1.